The Hall–Kier alpha value is -3.26. The van der Waals surface area contributed by atoms with E-state index < -0.39 is 147 Å². The van der Waals surface area contributed by atoms with E-state index in [0.29, 0.717) is 0 Å². The number of hydrogen-bond donors (Lipinski definition) is 12. The molecule has 0 amide bonds. The summed E-state index contributed by atoms with van der Waals surface area (Å²) >= 11 is 0. The molecule has 23 atom stereocenters. The number of aliphatic carboxylic acids is 1. The van der Waals surface area contributed by atoms with Crippen LogP contribution < -0.4 is 5.73 Å². The van der Waals surface area contributed by atoms with E-state index in [0.717, 1.165) is 12.8 Å². The maximum atomic E-state index is 13.1. The van der Waals surface area contributed by atoms with Crippen LogP contribution in [-0.4, -0.2) is 184 Å². The highest BCUT2D eigenvalue weighted by atomic mass is 16.7. The van der Waals surface area contributed by atoms with Crippen LogP contribution in [0, 0.1) is 23.7 Å². The van der Waals surface area contributed by atoms with E-state index in [9.17, 15) is 65.8 Å². The van der Waals surface area contributed by atoms with Crippen molar-refractivity contribution in [1.29, 1.82) is 0 Å². The third-order valence-corrected chi connectivity index (χ3v) is 14.7. The molecule has 74 heavy (non-hydrogen) atoms. The molecule has 422 valence electrons. The number of allylic oxidation sites excluding steroid dienone is 10. The first kappa shape index (κ1) is 63.3. The van der Waals surface area contributed by atoms with Crippen molar-refractivity contribution >= 4 is 11.9 Å². The molecule has 0 aromatic rings. The van der Waals surface area contributed by atoms with Crippen LogP contribution in [0.25, 0.3) is 0 Å². The lowest BCUT2D eigenvalue weighted by atomic mass is 9.82. The Bertz CT molecular complexity index is 1870. The van der Waals surface area contributed by atoms with E-state index in [1.54, 1.807) is 31.2 Å². The Morgan fingerprint density at radius 1 is 0.635 bits per heavy atom. The Kier molecular flexibility index (Phi) is 26.2. The van der Waals surface area contributed by atoms with E-state index in [2.05, 4.69) is 0 Å². The Labute approximate surface area is 435 Å². The molecule has 20 heteroatoms. The first-order valence-electron chi connectivity index (χ1n) is 26.2. The molecule has 4 aliphatic rings. The molecular weight excluding hydrogens is 967 g/mol. The standard InChI is InChI=1S/C54H87NO19/c1-30-19-17-15-13-11-9-7-8-10-12-14-16-18-20-39(72-53-50(65)48(55)49(64)35(6)71-53)26-44-47(52(66)67)43(62)29-54(68,74-44)28-42(61)40(59)22-21-36(56)23-37(57)24-38(58)25-45(63)69-34(5)32(3)51(30)73-46-27-41(60)31(2)33(4)70-46/h7-8,10,12-20,30-44,46-51,53,56-62,64-65,68H,9,11,21-29,55H2,1-6H3,(H,66,67)/b8-7+,12-10+,15-13+,16-14+,19-17+,20-18+/t30-,31-,32-,33-,34-,35+,36+,37+,38+,39-,40+,41+,42+,43-,44-,46?,47+,48-,49+,50-,51+,53+,54+/m0/s1. The van der Waals surface area contributed by atoms with Crippen molar-refractivity contribution in [1.82, 2.24) is 0 Å². The second-order valence-electron chi connectivity index (χ2n) is 20.9. The van der Waals surface area contributed by atoms with Gasteiger partial charge in [0.1, 0.15) is 18.1 Å². The van der Waals surface area contributed by atoms with Gasteiger partial charge in [0.2, 0.25) is 0 Å². The summed E-state index contributed by atoms with van der Waals surface area (Å²) in [6, 6.07) is -1.15. The second kappa shape index (κ2) is 30.6. The predicted molar refractivity (Wildman–Crippen MR) is 270 cm³/mol. The zero-order chi connectivity index (χ0) is 54.9. The van der Waals surface area contributed by atoms with Gasteiger partial charge in [-0.2, -0.15) is 0 Å². The number of rotatable bonds is 5. The van der Waals surface area contributed by atoms with E-state index in [-0.39, 0.29) is 62.4 Å². The lowest BCUT2D eigenvalue weighted by Gasteiger charge is -2.45. The Morgan fingerprint density at radius 2 is 1.24 bits per heavy atom. The Balaban J connectivity index is 1.55. The lowest BCUT2D eigenvalue weighted by molar-refractivity contribution is -0.310. The molecule has 3 saturated heterocycles. The SMILES string of the molecule is C[C@@H]1[C@H](OC2C[C@@H](O)[C@@H](C)[C@H](C)O2)[C@@H](C)/C=C/C=C/CC/C=C/C=C/C=C/C=C/[C@H](O[C@H]2O[C@H](C)[C@@H](O)[C@H](N)[C@@H]2O)C[C@@H]2O[C@](O)(C[C@@H](O)[C@H](O)CC[C@@H](O)C[C@@H](O)C[C@@H](O)CC(=O)O[C@H]1C)C[C@H](O)[C@H]2C(=O)O. The normalized spacial score (nSPS) is 46.5. The summed E-state index contributed by atoms with van der Waals surface area (Å²) in [6.45, 7) is 10.9. The molecule has 1 unspecified atom stereocenters. The van der Waals surface area contributed by atoms with Gasteiger partial charge in [0, 0.05) is 43.4 Å². The smallest absolute Gasteiger partial charge is 0.311 e. The number of fused-ring (bicyclic) bond motifs is 2. The average Bonchev–Trinajstić information content (AvgIpc) is 3.31. The van der Waals surface area contributed by atoms with Crippen LogP contribution in [0.2, 0.25) is 0 Å². The first-order chi connectivity index (χ1) is 34.9. The molecule has 2 bridgehead atoms. The van der Waals surface area contributed by atoms with Gasteiger partial charge in [0.25, 0.3) is 0 Å². The molecule has 13 N–H and O–H groups in total. The topological polar surface area (TPSA) is 338 Å². The fourth-order valence-electron chi connectivity index (χ4n) is 9.75. The highest BCUT2D eigenvalue weighted by molar-refractivity contribution is 5.71. The predicted octanol–water partition coefficient (Wildman–Crippen LogP) is 2.09. The van der Waals surface area contributed by atoms with Gasteiger partial charge in [-0.25, -0.2) is 0 Å². The third kappa shape index (κ3) is 20.0. The molecule has 0 radical (unpaired) electrons. The quantitative estimate of drug-likeness (QED) is 0.175. The van der Waals surface area contributed by atoms with Gasteiger partial charge in [-0.15, -0.1) is 0 Å². The van der Waals surface area contributed by atoms with E-state index in [1.165, 1.54) is 13.0 Å². The molecule has 4 aliphatic heterocycles. The van der Waals surface area contributed by atoms with Crippen LogP contribution >= 0.6 is 0 Å². The summed E-state index contributed by atoms with van der Waals surface area (Å²) in [4.78, 5) is 25.7. The fraction of sp³-hybridized carbons (Fsp3) is 0.741. The summed E-state index contributed by atoms with van der Waals surface area (Å²) < 4.78 is 36.2. The zero-order valence-corrected chi connectivity index (χ0v) is 43.7. The average molecular weight is 1050 g/mol. The largest absolute Gasteiger partial charge is 0.481 e. The van der Waals surface area contributed by atoms with Crippen LogP contribution in [0.15, 0.2) is 72.9 Å². The van der Waals surface area contributed by atoms with Crippen LogP contribution in [0.4, 0.5) is 0 Å². The molecule has 0 aliphatic carbocycles. The molecule has 4 rings (SSSR count). The van der Waals surface area contributed by atoms with Crippen molar-refractivity contribution in [3.05, 3.63) is 72.9 Å². The van der Waals surface area contributed by atoms with Crippen molar-refractivity contribution in [2.75, 3.05) is 0 Å². The summed E-state index contributed by atoms with van der Waals surface area (Å²) in [5, 5.41) is 119. The number of ether oxygens (including phenoxy) is 6. The van der Waals surface area contributed by atoms with Gasteiger partial charge in [-0.05, 0) is 59.3 Å². The maximum absolute atomic E-state index is 13.1. The zero-order valence-electron chi connectivity index (χ0n) is 43.7. The highest BCUT2D eigenvalue weighted by Gasteiger charge is 2.51. The summed E-state index contributed by atoms with van der Waals surface area (Å²) in [6.07, 6.45) is 1.40. The minimum atomic E-state index is -2.37. The first-order valence-corrected chi connectivity index (χ1v) is 26.2. The van der Waals surface area contributed by atoms with Crippen LogP contribution in [-0.2, 0) is 38.0 Å². The van der Waals surface area contributed by atoms with Gasteiger partial charge in [-0.3, -0.25) is 9.59 Å². The minimum Gasteiger partial charge on any atom is -0.481 e. The number of nitrogens with two attached hydrogens (primary N) is 1. The Morgan fingerprint density at radius 3 is 1.91 bits per heavy atom. The van der Waals surface area contributed by atoms with E-state index >= 15 is 0 Å². The van der Waals surface area contributed by atoms with Crippen molar-refractivity contribution in [2.24, 2.45) is 29.4 Å². The molecule has 4 heterocycles. The number of cyclic esters (lactones) is 1. The second-order valence-corrected chi connectivity index (χ2v) is 20.9. The molecule has 20 nitrogen and oxygen atoms in total. The number of aliphatic hydroxyl groups excluding tert-OH is 9. The van der Waals surface area contributed by atoms with Crippen LogP contribution in [0.1, 0.15) is 112 Å². The monoisotopic (exact) mass is 1050 g/mol. The van der Waals surface area contributed by atoms with E-state index in [1.807, 2.05) is 70.2 Å². The molecular formula is C54H87NO19. The summed E-state index contributed by atoms with van der Waals surface area (Å²) in [5.41, 5.74) is 6.05. The van der Waals surface area contributed by atoms with Gasteiger partial charge in [0.05, 0.1) is 91.8 Å². The van der Waals surface area contributed by atoms with Gasteiger partial charge >= 0.3 is 11.9 Å². The summed E-state index contributed by atoms with van der Waals surface area (Å²) in [7, 11) is 0. The van der Waals surface area contributed by atoms with E-state index in [4.69, 9.17) is 34.2 Å². The van der Waals surface area contributed by atoms with Crippen LogP contribution in [0.5, 0.6) is 0 Å². The van der Waals surface area contributed by atoms with Crippen molar-refractivity contribution in [3.8, 4) is 0 Å². The number of hydrogen-bond acceptors (Lipinski definition) is 19. The molecule has 0 aromatic heterocycles. The third-order valence-electron chi connectivity index (χ3n) is 14.7. The van der Waals surface area contributed by atoms with Crippen molar-refractivity contribution < 1.29 is 94.2 Å². The van der Waals surface area contributed by atoms with Crippen molar-refractivity contribution in [2.45, 2.75) is 228 Å². The maximum Gasteiger partial charge on any atom is 0.311 e. The molecule has 3 fully saturated rings. The van der Waals surface area contributed by atoms with Crippen molar-refractivity contribution in [3.63, 3.8) is 0 Å². The highest BCUT2D eigenvalue weighted by Crippen LogP contribution is 2.38. The minimum absolute atomic E-state index is 0.0810. The molecule has 0 aromatic carbocycles. The van der Waals surface area contributed by atoms with Gasteiger partial charge < -0.3 is 90.3 Å². The number of carboxylic acid groups (broad SMARTS) is 1. The van der Waals surface area contributed by atoms with Crippen LogP contribution in [0.3, 0.4) is 0 Å². The number of carbonyl (C=O) groups is 2. The molecule has 0 spiro atoms. The number of aliphatic hydroxyl groups is 10. The molecule has 0 saturated carbocycles. The number of carboxylic acids is 1. The van der Waals surface area contributed by atoms with Gasteiger partial charge in [-0.1, -0.05) is 93.7 Å². The number of esters is 1. The fourth-order valence-corrected chi connectivity index (χ4v) is 9.75. The summed E-state index contributed by atoms with van der Waals surface area (Å²) in [5.74, 6) is -6.78. The van der Waals surface area contributed by atoms with Gasteiger partial charge in [0.15, 0.2) is 18.4 Å². The lowest BCUT2D eigenvalue weighted by Crippen LogP contribution is -2.61. The number of carbonyl (C=O) groups excluding carboxylic acids is 1.